The summed E-state index contributed by atoms with van der Waals surface area (Å²) < 4.78 is 5.43. The zero-order valence-electron chi connectivity index (χ0n) is 15.1. The van der Waals surface area contributed by atoms with E-state index < -0.39 is 5.91 Å². The molecular formula is C20H23ClN2O3. The van der Waals surface area contributed by atoms with Gasteiger partial charge in [0, 0.05) is 5.02 Å². The lowest BCUT2D eigenvalue weighted by Gasteiger charge is -2.16. The molecule has 2 aromatic carbocycles. The van der Waals surface area contributed by atoms with Gasteiger partial charge in [0.15, 0.2) is 6.61 Å². The highest BCUT2D eigenvalue weighted by molar-refractivity contribution is 6.31. The third-order valence-corrected chi connectivity index (χ3v) is 4.28. The van der Waals surface area contributed by atoms with Crippen molar-refractivity contribution in [2.75, 3.05) is 6.61 Å². The molecule has 0 saturated heterocycles. The Morgan fingerprint density at radius 2 is 1.69 bits per heavy atom. The Balaban J connectivity index is 1.95. The van der Waals surface area contributed by atoms with Crippen LogP contribution < -0.4 is 15.8 Å². The molecule has 0 heterocycles. The summed E-state index contributed by atoms with van der Waals surface area (Å²) in [5, 5.41) is 3.24. The summed E-state index contributed by atoms with van der Waals surface area (Å²) in [4.78, 5) is 23.6. The first-order chi connectivity index (χ1) is 12.3. The number of halogens is 1. The lowest BCUT2D eigenvalue weighted by atomic mass is 9.99. The highest BCUT2D eigenvalue weighted by Crippen LogP contribution is 2.23. The first kappa shape index (κ1) is 19.8. The van der Waals surface area contributed by atoms with E-state index in [1.54, 1.807) is 6.07 Å². The molecule has 1 unspecified atom stereocenters. The van der Waals surface area contributed by atoms with Crippen molar-refractivity contribution in [3.05, 3.63) is 64.2 Å². The van der Waals surface area contributed by atoms with E-state index in [1.807, 2.05) is 19.1 Å². The summed E-state index contributed by atoms with van der Waals surface area (Å²) in [7, 11) is 0. The lowest BCUT2D eigenvalue weighted by Crippen LogP contribution is -2.31. The Hall–Kier alpha value is -2.53. The summed E-state index contributed by atoms with van der Waals surface area (Å²) in [6.07, 6.45) is 0. The number of nitrogens with one attached hydrogen (secondary N) is 1. The van der Waals surface area contributed by atoms with Gasteiger partial charge >= 0.3 is 0 Å². The Morgan fingerprint density at radius 3 is 2.27 bits per heavy atom. The molecule has 0 aliphatic heterocycles. The maximum absolute atomic E-state index is 12.1. The quantitative estimate of drug-likeness (QED) is 0.772. The number of amides is 2. The summed E-state index contributed by atoms with van der Waals surface area (Å²) in [5.74, 6) is -0.274. The molecule has 3 N–H and O–H groups in total. The van der Waals surface area contributed by atoms with E-state index in [0.29, 0.717) is 10.9 Å². The minimum atomic E-state index is -0.665. The van der Waals surface area contributed by atoms with Gasteiger partial charge in [-0.25, -0.2) is 0 Å². The van der Waals surface area contributed by atoms with Crippen LogP contribution in [0.5, 0.6) is 5.75 Å². The summed E-state index contributed by atoms with van der Waals surface area (Å²) >= 11 is 5.85. The van der Waals surface area contributed by atoms with E-state index in [1.165, 1.54) is 17.7 Å². The molecule has 0 saturated carbocycles. The Bertz CT molecular complexity index is 788. The molecule has 138 valence electrons. The summed E-state index contributed by atoms with van der Waals surface area (Å²) in [5.41, 5.74) is 7.70. The predicted octanol–water partition coefficient (Wildman–Crippen LogP) is 3.82. The average Bonchev–Trinajstić information content (AvgIpc) is 2.60. The van der Waals surface area contributed by atoms with Crippen LogP contribution in [-0.2, 0) is 4.79 Å². The highest BCUT2D eigenvalue weighted by atomic mass is 35.5. The Kier molecular flexibility index (Phi) is 6.64. The molecule has 2 rings (SSSR count). The topological polar surface area (TPSA) is 81.4 Å². The minimum absolute atomic E-state index is 0.141. The second-order valence-electron chi connectivity index (χ2n) is 6.40. The number of primary amides is 1. The first-order valence-corrected chi connectivity index (χ1v) is 8.77. The van der Waals surface area contributed by atoms with E-state index >= 15 is 0 Å². The van der Waals surface area contributed by atoms with Gasteiger partial charge < -0.3 is 15.8 Å². The van der Waals surface area contributed by atoms with Gasteiger partial charge in [0.2, 0.25) is 0 Å². The molecule has 6 heteroatoms. The van der Waals surface area contributed by atoms with Crippen LogP contribution in [0.3, 0.4) is 0 Å². The van der Waals surface area contributed by atoms with Crippen molar-refractivity contribution in [3.63, 3.8) is 0 Å². The molecule has 0 aliphatic carbocycles. The summed E-state index contributed by atoms with van der Waals surface area (Å²) in [6, 6.07) is 12.5. The zero-order valence-corrected chi connectivity index (χ0v) is 15.8. The van der Waals surface area contributed by atoms with Gasteiger partial charge in [-0.2, -0.15) is 0 Å². The largest absolute Gasteiger partial charge is 0.483 e. The van der Waals surface area contributed by atoms with Crippen molar-refractivity contribution in [1.29, 1.82) is 0 Å². The van der Waals surface area contributed by atoms with Gasteiger partial charge in [-0.3, -0.25) is 9.59 Å². The van der Waals surface area contributed by atoms with Crippen LogP contribution in [-0.4, -0.2) is 18.4 Å². The van der Waals surface area contributed by atoms with Crippen molar-refractivity contribution in [2.24, 2.45) is 5.73 Å². The molecule has 2 amide bonds. The van der Waals surface area contributed by atoms with Crippen molar-refractivity contribution < 1.29 is 14.3 Å². The van der Waals surface area contributed by atoms with Gasteiger partial charge in [0.1, 0.15) is 5.75 Å². The Morgan fingerprint density at radius 1 is 1.08 bits per heavy atom. The van der Waals surface area contributed by atoms with Crippen LogP contribution in [0.2, 0.25) is 5.02 Å². The van der Waals surface area contributed by atoms with E-state index in [4.69, 9.17) is 22.1 Å². The molecule has 0 radical (unpaired) electrons. The van der Waals surface area contributed by atoms with Crippen molar-refractivity contribution in [2.45, 2.75) is 32.7 Å². The van der Waals surface area contributed by atoms with E-state index in [0.717, 1.165) is 5.56 Å². The number of benzene rings is 2. The number of carbonyl (C=O) groups is 2. The third-order valence-electron chi connectivity index (χ3n) is 4.05. The number of ether oxygens (including phenoxy) is 1. The molecule has 2 aromatic rings. The number of hydrogen-bond donors (Lipinski definition) is 2. The fourth-order valence-electron chi connectivity index (χ4n) is 2.50. The van der Waals surface area contributed by atoms with Crippen molar-refractivity contribution in [3.8, 4) is 5.75 Å². The lowest BCUT2D eigenvalue weighted by molar-refractivity contribution is -0.123. The van der Waals surface area contributed by atoms with Crippen LogP contribution >= 0.6 is 11.6 Å². The summed E-state index contributed by atoms with van der Waals surface area (Å²) in [6.45, 7) is 5.94. The molecular weight excluding hydrogens is 352 g/mol. The van der Waals surface area contributed by atoms with Gasteiger partial charge in [0.25, 0.3) is 11.8 Å². The van der Waals surface area contributed by atoms with Crippen LogP contribution in [0, 0.1) is 0 Å². The molecule has 0 spiro atoms. The van der Waals surface area contributed by atoms with Gasteiger partial charge in [-0.1, -0.05) is 49.7 Å². The van der Waals surface area contributed by atoms with Gasteiger partial charge in [-0.15, -0.1) is 0 Å². The number of nitrogens with two attached hydrogens (primary N) is 1. The van der Waals surface area contributed by atoms with Crippen LogP contribution in [0.25, 0.3) is 0 Å². The third kappa shape index (κ3) is 5.23. The fourth-order valence-corrected chi connectivity index (χ4v) is 2.67. The number of rotatable bonds is 7. The van der Waals surface area contributed by atoms with Crippen LogP contribution in [0.4, 0.5) is 0 Å². The normalized spacial score (nSPS) is 11.9. The second kappa shape index (κ2) is 8.72. The second-order valence-corrected chi connectivity index (χ2v) is 6.84. The van der Waals surface area contributed by atoms with Gasteiger partial charge in [-0.05, 0) is 42.2 Å². The minimum Gasteiger partial charge on any atom is -0.483 e. The number of carbonyl (C=O) groups excluding carboxylic acids is 2. The van der Waals surface area contributed by atoms with Crippen LogP contribution in [0.1, 0.15) is 54.2 Å². The molecule has 1 atom stereocenters. The van der Waals surface area contributed by atoms with Gasteiger partial charge in [0.05, 0.1) is 11.6 Å². The standard InChI is InChI=1S/C20H23ClN2O3/c1-12(2)14-4-6-15(7-5-14)13(3)23-19(24)11-26-18-9-8-16(21)10-17(18)20(22)25/h4-10,12-13H,11H2,1-3H3,(H2,22,25)(H,23,24). The molecule has 0 fully saturated rings. The maximum Gasteiger partial charge on any atom is 0.258 e. The van der Waals surface area contributed by atoms with Crippen LogP contribution in [0.15, 0.2) is 42.5 Å². The SMILES string of the molecule is CC(C)c1ccc(C(C)NC(=O)COc2ccc(Cl)cc2C(N)=O)cc1. The number of hydrogen-bond acceptors (Lipinski definition) is 3. The van der Waals surface area contributed by atoms with Crippen molar-refractivity contribution >= 4 is 23.4 Å². The maximum atomic E-state index is 12.1. The van der Waals surface area contributed by atoms with Crippen molar-refractivity contribution in [1.82, 2.24) is 5.32 Å². The first-order valence-electron chi connectivity index (χ1n) is 8.39. The average molecular weight is 375 g/mol. The van der Waals surface area contributed by atoms with E-state index in [-0.39, 0.29) is 29.9 Å². The molecule has 0 aromatic heterocycles. The smallest absolute Gasteiger partial charge is 0.258 e. The fraction of sp³-hybridized carbons (Fsp3) is 0.300. The van der Waals surface area contributed by atoms with E-state index in [2.05, 4.69) is 31.3 Å². The highest BCUT2D eigenvalue weighted by Gasteiger charge is 2.14. The molecule has 0 bridgehead atoms. The predicted molar refractivity (Wildman–Crippen MR) is 103 cm³/mol. The monoisotopic (exact) mass is 374 g/mol. The zero-order chi connectivity index (χ0) is 19.3. The molecule has 26 heavy (non-hydrogen) atoms. The molecule has 0 aliphatic rings. The Labute approximate surface area is 158 Å². The molecule has 5 nitrogen and oxygen atoms in total. The van der Waals surface area contributed by atoms with E-state index in [9.17, 15) is 9.59 Å².